The first-order valence-electron chi connectivity index (χ1n) is 7.61. The molecule has 0 aliphatic heterocycles. The second-order valence-electron chi connectivity index (χ2n) is 5.82. The second kappa shape index (κ2) is 7.46. The Balaban J connectivity index is 2.84. The molecular formula is C17H28N2O2. The van der Waals surface area contributed by atoms with Gasteiger partial charge in [0.05, 0.1) is 6.61 Å². The molecule has 118 valence electrons. The van der Waals surface area contributed by atoms with Crippen LogP contribution in [0.1, 0.15) is 39.7 Å². The van der Waals surface area contributed by atoms with E-state index in [9.17, 15) is 4.79 Å². The van der Waals surface area contributed by atoms with Gasteiger partial charge in [-0.3, -0.25) is 4.79 Å². The monoisotopic (exact) mass is 292 g/mol. The largest absolute Gasteiger partial charge is 0.465 e. The number of rotatable bonds is 7. The van der Waals surface area contributed by atoms with Crippen LogP contribution in [0.3, 0.4) is 0 Å². The van der Waals surface area contributed by atoms with Gasteiger partial charge in [0.1, 0.15) is 5.54 Å². The summed E-state index contributed by atoms with van der Waals surface area (Å²) in [5, 5.41) is 0. The Kier molecular flexibility index (Phi) is 6.21. The van der Waals surface area contributed by atoms with Gasteiger partial charge >= 0.3 is 5.97 Å². The summed E-state index contributed by atoms with van der Waals surface area (Å²) in [6, 6.07) is 8.51. The third-order valence-electron chi connectivity index (χ3n) is 3.67. The number of ether oxygens (including phenoxy) is 1. The topological polar surface area (TPSA) is 55.6 Å². The molecule has 1 rings (SSSR count). The number of anilines is 1. The van der Waals surface area contributed by atoms with Crippen LogP contribution in [-0.4, -0.2) is 30.7 Å². The summed E-state index contributed by atoms with van der Waals surface area (Å²) in [5.74, 6) is -0.336. The van der Waals surface area contributed by atoms with Gasteiger partial charge in [-0.25, -0.2) is 0 Å². The maximum absolute atomic E-state index is 11.9. The summed E-state index contributed by atoms with van der Waals surface area (Å²) in [5.41, 5.74) is 7.56. The zero-order valence-electron chi connectivity index (χ0n) is 13.8. The van der Waals surface area contributed by atoms with Gasteiger partial charge < -0.3 is 15.4 Å². The lowest BCUT2D eigenvalue weighted by Crippen LogP contribution is -2.51. The van der Waals surface area contributed by atoms with Crippen LogP contribution >= 0.6 is 0 Å². The number of benzene rings is 1. The maximum Gasteiger partial charge on any atom is 0.325 e. The van der Waals surface area contributed by atoms with E-state index in [0.717, 1.165) is 12.2 Å². The van der Waals surface area contributed by atoms with Crippen molar-refractivity contribution in [3.8, 4) is 0 Å². The standard InChI is InChI=1S/C17H28N2O2/c1-6-19(15-10-8-9-13(3)11-15)14(4)12-17(5,18)16(20)21-7-2/h8-11,14H,6-7,12,18H2,1-5H3. The van der Waals surface area contributed by atoms with Crippen molar-refractivity contribution in [2.45, 2.75) is 52.6 Å². The van der Waals surface area contributed by atoms with Gasteiger partial charge in [0, 0.05) is 18.3 Å². The molecule has 0 heterocycles. The fourth-order valence-corrected chi connectivity index (χ4v) is 2.66. The van der Waals surface area contributed by atoms with Crippen LogP contribution in [0.25, 0.3) is 0 Å². The summed E-state index contributed by atoms with van der Waals surface area (Å²) in [4.78, 5) is 14.2. The lowest BCUT2D eigenvalue weighted by atomic mass is 9.93. The molecular weight excluding hydrogens is 264 g/mol. The predicted octanol–water partition coefficient (Wildman–Crippen LogP) is 2.88. The molecule has 1 aromatic rings. The van der Waals surface area contributed by atoms with E-state index in [1.165, 1.54) is 5.56 Å². The average Bonchev–Trinajstić information content (AvgIpc) is 2.39. The molecule has 4 nitrogen and oxygen atoms in total. The summed E-state index contributed by atoms with van der Waals surface area (Å²) in [6.07, 6.45) is 0.549. The van der Waals surface area contributed by atoms with Crippen molar-refractivity contribution in [3.05, 3.63) is 29.8 Å². The lowest BCUT2D eigenvalue weighted by molar-refractivity contribution is -0.149. The zero-order valence-corrected chi connectivity index (χ0v) is 13.8. The molecule has 0 aromatic heterocycles. The van der Waals surface area contributed by atoms with Crippen molar-refractivity contribution in [3.63, 3.8) is 0 Å². The highest BCUT2D eigenvalue weighted by atomic mass is 16.5. The van der Waals surface area contributed by atoms with Crippen LogP contribution in [0.2, 0.25) is 0 Å². The van der Waals surface area contributed by atoms with Crippen molar-refractivity contribution in [1.29, 1.82) is 0 Å². The highest BCUT2D eigenvalue weighted by molar-refractivity contribution is 5.80. The summed E-state index contributed by atoms with van der Waals surface area (Å²) >= 11 is 0. The van der Waals surface area contributed by atoms with E-state index >= 15 is 0 Å². The van der Waals surface area contributed by atoms with Crippen molar-refractivity contribution in [1.82, 2.24) is 0 Å². The highest BCUT2D eigenvalue weighted by Crippen LogP contribution is 2.23. The molecule has 0 aliphatic carbocycles. The highest BCUT2D eigenvalue weighted by Gasteiger charge is 2.33. The minimum absolute atomic E-state index is 0.149. The lowest BCUT2D eigenvalue weighted by Gasteiger charge is -2.35. The molecule has 0 spiro atoms. The van der Waals surface area contributed by atoms with Gasteiger partial charge in [-0.2, -0.15) is 0 Å². The summed E-state index contributed by atoms with van der Waals surface area (Å²) in [6.45, 7) is 11.0. The molecule has 21 heavy (non-hydrogen) atoms. The Bertz CT molecular complexity index is 472. The molecule has 4 heteroatoms. The molecule has 2 atom stereocenters. The molecule has 0 amide bonds. The van der Waals surface area contributed by atoms with Crippen LogP contribution in [0.4, 0.5) is 5.69 Å². The van der Waals surface area contributed by atoms with Crippen molar-refractivity contribution in [2.24, 2.45) is 5.73 Å². The first kappa shape index (κ1) is 17.5. The Morgan fingerprint density at radius 2 is 2.10 bits per heavy atom. The summed E-state index contributed by atoms with van der Waals surface area (Å²) in [7, 11) is 0. The second-order valence-corrected chi connectivity index (χ2v) is 5.82. The number of aryl methyl sites for hydroxylation is 1. The molecule has 0 bridgehead atoms. The number of carbonyl (C=O) groups excluding carboxylic acids is 1. The third-order valence-corrected chi connectivity index (χ3v) is 3.67. The smallest absolute Gasteiger partial charge is 0.325 e. The Labute approximate surface area is 128 Å². The fourth-order valence-electron chi connectivity index (χ4n) is 2.66. The van der Waals surface area contributed by atoms with Gasteiger partial charge in [-0.05, 0) is 58.7 Å². The van der Waals surface area contributed by atoms with E-state index in [-0.39, 0.29) is 12.0 Å². The number of hydrogen-bond donors (Lipinski definition) is 1. The van der Waals surface area contributed by atoms with Crippen LogP contribution in [0, 0.1) is 6.92 Å². The fraction of sp³-hybridized carbons (Fsp3) is 0.588. The predicted molar refractivity (Wildman–Crippen MR) is 87.5 cm³/mol. The van der Waals surface area contributed by atoms with Gasteiger partial charge in [0.2, 0.25) is 0 Å². The molecule has 0 aliphatic rings. The van der Waals surface area contributed by atoms with Crippen molar-refractivity contribution >= 4 is 11.7 Å². The van der Waals surface area contributed by atoms with Gasteiger partial charge in [-0.1, -0.05) is 12.1 Å². The van der Waals surface area contributed by atoms with Crippen LogP contribution in [-0.2, 0) is 9.53 Å². The number of esters is 1. The van der Waals surface area contributed by atoms with E-state index < -0.39 is 5.54 Å². The van der Waals surface area contributed by atoms with Crippen LogP contribution in [0.15, 0.2) is 24.3 Å². The first-order valence-corrected chi connectivity index (χ1v) is 7.61. The van der Waals surface area contributed by atoms with E-state index in [1.807, 2.05) is 6.07 Å². The molecule has 1 aromatic carbocycles. The minimum Gasteiger partial charge on any atom is -0.465 e. The van der Waals surface area contributed by atoms with Gasteiger partial charge in [0.15, 0.2) is 0 Å². The molecule has 2 N–H and O–H groups in total. The number of hydrogen-bond acceptors (Lipinski definition) is 4. The molecule has 0 saturated heterocycles. The van der Waals surface area contributed by atoms with Gasteiger partial charge in [-0.15, -0.1) is 0 Å². The maximum atomic E-state index is 11.9. The van der Waals surface area contributed by atoms with Gasteiger partial charge in [0.25, 0.3) is 0 Å². The summed E-state index contributed by atoms with van der Waals surface area (Å²) < 4.78 is 5.06. The molecule has 0 fully saturated rings. The molecule has 2 unspecified atom stereocenters. The molecule has 0 saturated carbocycles. The minimum atomic E-state index is -0.966. The quantitative estimate of drug-likeness (QED) is 0.785. The first-order chi connectivity index (χ1) is 9.81. The Hall–Kier alpha value is -1.55. The van der Waals surface area contributed by atoms with Crippen molar-refractivity contribution in [2.75, 3.05) is 18.1 Å². The normalized spacial score (nSPS) is 15.1. The Morgan fingerprint density at radius 3 is 2.62 bits per heavy atom. The number of nitrogens with zero attached hydrogens (tertiary/aromatic N) is 1. The van der Waals surface area contributed by atoms with Crippen LogP contribution < -0.4 is 10.6 Å². The van der Waals surface area contributed by atoms with E-state index in [2.05, 4.69) is 43.9 Å². The number of carbonyl (C=O) groups is 1. The van der Waals surface area contributed by atoms with Crippen molar-refractivity contribution < 1.29 is 9.53 Å². The zero-order chi connectivity index (χ0) is 16.0. The average molecular weight is 292 g/mol. The van der Waals surface area contributed by atoms with E-state index in [0.29, 0.717) is 13.0 Å². The molecule has 0 radical (unpaired) electrons. The Morgan fingerprint density at radius 1 is 1.43 bits per heavy atom. The SMILES string of the molecule is CCOC(=O)C(C)(N)CC(C)N(CC)c1cccc(C)c1. The van der Waals surface area contributed by atoms with E-state index in [4.69, 9.17) is 10.5 Å². The third kappa shape index (κ3) is 4.74. The van der Waals surface area contributed by atoms with E-state index in [1.54, 1.807) is 13.8 Å². The number of nitrogens with two attached hydrogens (primary N) is 1. The van der Waals surface area contributed by atoms with Crippen LogP contribution in [0.5, 0.6) is 0 Å².